The molecule has 0 unspecified atom stereocenters. The van der Waals surface area contributed by atoms with Gasteiger partial charge in [0, 0.05) is 44.3 Å². The van der Waals surface area contributed by atoms with Crippen molar-refractivity contribution >= 4 is 11.9 Å². The Labute approximate surface area is 166 Å². The Morgan fingerprint density at radius 1 is 1.14 bits per heavy atom. The van der Waals surface area contributed by atoms with Crippen LogP contribution in [0.25, 0.3) is 0 Å². The lowest BCUT2D eigenvalue weighted by atomic mass is 9.82. The number of hydrogen-bond donors (Lipinski definition) is 1. The van der Waals surface area contributed by atoms with Gasteiger partial charge in [0.05, 0.1) is 12.3 Å². The molecule has 0 bridgehead atoms. The summed E-state index contributed by atoms with van der Waals surface area (Å²) in [4.78, 5) is 25.9. The summed E-state index contributed by atoms with van der Waals surface area (Å²) in [6, 6.07) is 0.585. The van der Waals surface area contributed by atoms with E-state index in [0.717, 1.165) is 83.4 Å². The third-order valence-electron chi connectivity index (χ3n) is 7.42. The molecule has 3 aliphatic heterocycles. The summed E-state index contributed by atoms with van der Waals surface area (Å²) < 4.78 is 6.29. The molecule has 28 heavy (non-hydrogen) atoms. The van der Waals surface area contributed by atoms with E-state index >= 15 is 0 Å². The van der Waals surface area contributed by atoms with Crippen LogP contribution in [0.15, 0.2) is 6.20 Å². The number of likely N-dealkylation sites (tertiary alicyclic amines) is 2. The number of nitrogens with zero attached hydrogens (tertiary/aromatic N) is 4. The molecule has 0 atom stereocenters. The van der Waals surface area contributed by atoms with Gasteiger partial charge in [-0.3, -0.25) is 4.79 Å². The van der Waals surface area contributed by atoms with Gasteiger partial charge in [-0.2, -0.15) is 0 Å². The standard InChI is InChI=1S/C21H31N5O2/c22-20-23-14-16-6-13-28-21(18(16)24-20)7-11-25(12-8-21)17-4-9-26(10-5-17)19(27)15-2-1-3-15/h14-15,17H,1-13H2,(H2,22,23,24). The van der Waals surface area contributed by atoms with Crippen LogP contribution in [-0.2, 0) is 21.6 Å². The molecule has 1 amide bonds. The smallest absolute Gasteiger partial charge is 0.225 e. The first-order valence-electron chi connectivity index (χ1n) is 10.9. The number of nitrogens with two attached hydrogens (primary N) is 1. The van der Waals surface area contributed by atoms with Gasteiger partial charge in [0.15, 0.2) is 0 Å². The number of piperidine rings is 2. The number of anilines is 1. The highest BCUT2D eigenvalue weighted by molar-refractivity contribution is 5.79. The zero-order valence-electron chi connectivity index (χ0n) is 16.6. The van der Waals surface area contributed by atoms with Crippen LogP contribution in [0.2, 0.25) is 0 Å². The van der Waals surface area contributed by atoms with Gasteiger partial charge in [-0.25, -0.2) is 9.97 Å². The van der Waals surface area contributed by atoms with Gasteiger partial charge in [0.2, 0.25) is 11.9 Å². The molecule has 0 radical (unpaired) electrons. The molecule has 152 valence electrons. The predicted molar refractivity (Wildman–Crippen MR) is 106 cm³/mol. The highest BCUT2D eigenvalue weighted by Crippen LogP contribution is 2.41. The minimum Gasteiger partial charge on any atom is -0.368 e. The summed E-state index contributed by atoms with van der Waals surface area (Å²) in [7, 11) is 0. The topological polar surface area (TPSA) is 84.6 Å². The van der Waals surface area contributed by atoms with Crippen molar-refractivity contribution in [3.63, 3.8) is 0 Å². The lowest BCUT2D eigenvalue weighted by molar-refractivity contribution is -0.140. The zero-order valence-corrected chi connectivity index (χ0v) is 16.6. The summed E-state index contributed by atoms with van der Waals surface area (Å²) in [6.45, 7) is 4.62. The van der Waals surface area contributed by atoms with Crippen LogP contribution in [-0.4, -0.2) is 64.5 Å². The number of rotatable bonds is 2. The largest absolute Gasteiger partial charge is 0.368 e. The molecule has 1 spiro atoms. The maximum Gasteiger partial charge on any atom is 0.225 e. The average Bonchev–Trinajstić information content (AvgIpc) is 2.68. The number of amides is 1. The summed E-state index contributed by atoms with van der Waals surface area (Å²) in [5, 5.41) is 0. The van der Waals surface area contributed by atoms with Crippen molar-refractivity contribution < 1.29 is 9.53 Å². The molecule has 5 rings (SSSR count). The molecule has 2 saturated heterocycles. The number of aromatic nitrogens is 2. The van der Waals surface area contributed by atoms with Gasteiger partial charge < -0.3 is 20.3 Å². The normalized spacial score (nSPS) is 26.1. The SMILES string of the molecule is Nc1ncc2c(n1)C1(CCN(C3CCN(C(=O)C4CCC4)CC3)CC1)OCC2. The van der Waals surface area contributed by atoms with E-state index in [4.69, 9.17) is 10.5 Å². The van der Waals surface area contributed by atoms with Gasteiger partial charge >= 0.3 is 0 Å². The van der Waals surface area contributed by atoms with Crippen molar-refractivity contribution in [1.29, 1.82) is 0 Å². The molecule has 7 heteroatoms. The number of carbonyl (C=O) groups is 1. The fourth-order valence-corrected chi connectivity index (χ4v) is 5.42. The molecule has 1 aliphatic carbocycles. The zero-order chi connectivity index (χ0) is 19.1. The predicted octanol–water partition coefficient (Wildman–Crippen LogP) is 1.71. The fourth-order valence-electron chi connectivity index (χ4n) is 5.42. The Balaban J connectivity index is 1.20. The minimum atomic E-state index is -0.290. The molecule has 1 aromatic rings. The molecule has 0 aromatic carbocycles. The number of hydrogen-bond acceptors (Lipinski definition) is 6. The van der Waals surface area contributed by atoms with Crippen molar-refractivity contribution in [3.05, 3.63) is 17.5 Å². The van der Waals surface area contributed by atoms with Crippen LogP contribution in [0.4, 0.5) is 5.95 Å². The fraction of sp³-hybridized carbons (Fsp3) is 0.762. The number of nitrogen functional groups attached to an aromatic ring is 1. The molecule has 4 heterocycles. The Kier molecular flexibility index (Phi) is 4.75. The molecule has 7 nitrogen and oxygen atoms in total. The molecule has 3 fully saturated rings. The van der Waals surface area contributed by atoms with Crippen molar-refractivity contribution in [2.45, 2.75) is 63.0 Å². The van der Waals surface area contributed by atoms with Crippen LogP contribution >= 0.6 is 0 Å². The quantitative estimate of drug-likeness (QED) is 0.834. The van der Waals surface area contributed by atoms with E-state index in [0.29, 0.717) is 23.8 Å². The van der Waals surface area contributed by atoms with E-state index in [2.05, 4.69) is 19.8 Å². The van der Waals surface area contributed by atoms with Crippen LogP contribution in [0.3, 0.4) is 0 Å². The summed E-state index contributed by atoms with van der Waals surface area (Å²) in [5.41, 5.74) is 7.79. The van der Waals surface area contributed by atoms with E-state index in [1.807, 2.05) is 6.20 Å². The number of ether oxygens (including phenoxy) is 1. The summed E-state index contributed by atoms with van der Waals surface area (Å²) >= 11 is 0. The van der Waals surface area contributed by atoms with E-state index in [1.165, 1.54) is 12.0 Å². The minimum absolute atomic E-state index is 0.290. The van der Waals surface area contributed by atoms with Gasteiger partial charge in [-0.05, 0) is 50.5 Å². The van der Waals surface area contributed by atoms with Crippen molar-refractivity contribution in [2.24, 2.45) is 5.92 Å². The molecule has 1 aromatic heterocycles. The number of carbonyl (C=O) groups excluding carboxylic acids is 1. The monoisotopic (exact) mass is 385 g/mol. The number of fused-ring (bicyclic) bond motifs is 2. The van der Waals surface area contributed by atoms with Gasteiger partial charge in [0.1, 0.15) is 5.60 Å². The highest BCUT2D eigenvalue weighted by Gasteiger charge is 2.44. The van der Waals surface area contributed by atoms with Crippen LogP contribution in [0.1, 0.15) is 56.2 Å². The maximum absolute atomic E-state index is 12.5. The van der Waals surface area contributed by atoms with E-state index in [9.17, 15) is 4.79 Å². The van der Waals surface area contributed by atoms with Crippen LogP contribution in [0.5, 0.6) is 0 Å². The van der Waals surface area contributed by atoms with Crippen molar-refractivity contribution in [1.82, 2.24) is 19.8 Å². The second-order valence-electron chi connectivity index (χ2n) is 8.92. The Morgan fingerprint density at radius 2 is 1.89 bits per heavy atom. The first kappa shape index (κ1) is 18.3. The molecular formula is C21H31N5O2. The van der Waals surface area contributed by atoms with Crippen molar-refractivity contribution in [2.75, 3.05) is 38.5 Å². The highest BCUT2D eigenvalue weighted by atomic mass is 16.5. The Bertz CT molecular complexity index is 734. The van der Waals surface area contributed by atoms with E-state index in [1.54, 1.807) is 0 Å². The summed E-state index contributed by atoms with van der Waals surface area (Å²) in [5.74, 6) is 1.07. The molecule has 1 saturated carbocycles. The molecule has 2 N–H and O–H groups in total. The lowest BCUT2D eigenvalue weighted by Crippen LogP contribution is -2.53. The van der Waals surface area contributed by atoms with Crippen LogP contribution in [0, 0.1) is 5.92 Å². The third kappa shape index (κ3) is 3.18. The Morgan fingerprint density at radius 3 is 2.57 bits per heavy atom. The lowest BCUT2D eigenvalue weighted by Gasteiger charge is -2.47. The van der Waals surface area contributed by atoms with Crippen LogP contribution < -0.4 is 5.73 Å². The summed E-state index contributed by atoms with van der Waals surface area (Å²) in [6.07, 6.45) is 10.3. The van der Waals surface area contributed by atoms with Gasteiger partial charge in [0.25, 0.3) is 0 Å². The van der Waals surface area contributed by atoms with Gasteiger partial charge in [-0.1, -0.05) is 6.42 Å². The first-order valence-corrected chi connectivity index (χ1v) is 10.9. The Hall–Kier alpha value is -1.73. The first-order chi connectivity index (χ1) is 13.6. The van der Waals surface area contributed by atoms with E-state index < -0.39 is 0 Å². The second-order valence-corrected chi connectivity index (χ2v) is 8.92. The molecular weight excluding hydrogens is 354 g/mol. The average molecular weight is 386 g/mol. The van der Waals surface area contributed by atoms with Gasteiger partial charge in [-0.15, -0.1) is 0 Å². The molecule has 4 aliphatic rings. The third-order valence-corrected chi connectivity index (χ3v) is 7.42. The van der Waals surface area contributed by atoms with Crippen molar-refractivity contribution in [3.8, 4) is 0 Å². The second kappa shape index (κ2) is 7.26. The maximum atomic E-state index is 12.5. The van der Waals surface area contributed by atoms with E-state index in [-0.39, 0.29) is 5.60 Å².